The molecule has 0 saturated heterocycles. The third kappa shape index (κ3) is 2.20. The average Bonchev–Trinajstić information content (AvgIpc) is 2.70. The van der Waals surface area contributed by atoms with Crippen LogP contribution in [0.25, 0.3) is 11.3 Å². The van der Waals surface area contributed by atoms with Crippen molar-refractivity contribution in [2.45, 2.75) is 0 Å². The van der Waals surface area contributed by atoms with Gasteiger partial charge in [-0.25, -0.2) is 4.79 Å². The lowest BCUT2D eigenvalue weighted by Gasteiger charge is -2.01. The van der Waals surface area contributed by atoms with E-state index in [1.165, 1.54) is 6.07 Å². The van der Waals surface area contributed by atoms with E-state index in [2.05, 4.69) is 31.9 Å². The summed E-state index contributed by atoms with van der Waals surface area (Å²) in [5, 5.41) is 8.75. The van der Waals surface area contributed by atoms with Crippen LogP contribution in [0.4, 0.5) is 0 Å². The van der Waals surface area contributed by atoms with Gasteiger partial charge in [0.25, 0.3) is 0 Å². The Labute approximate surface area is 108 Å². The molecule has 0 unspecified atom stereocenters. The lowest BCUT2D eigenvalue weighted by molar-refractivity contribution is 0.0663. The summed E-state index contributed by atoms with van der Waals surface area (Å²) in [4.78, 5) is 10.7. The zero-order valence-corrected chi connectivity index (χ0v) is 11.1. The molecule has 1 heterocycles. The molecule has 0 bridgehead atoms. The second kappa shape index (κ2) is 4.43. The molecule has 0 spiro atoms. The summed E-state index contributed by atoms with van der Waals surface area (Å²) in [6.45, 7) is 0. The quantitative estimate of drug-likeness (QED) is 0.888. The van der Waals surface area contributed by atoms with E-state index >= 15 is 0 Å². The van der Waals surface area contributed by atoms with Crippen molar-refractivity contribution in [2.75, 3.05) is 0 Å². The molecule has 0 saturated carbocycles. The Kier molecular flexibility index (Phi) is 3.16. The van der Waals surface area contributed by atoms with Crippen LogP contribution in [0, 0.1) is 0 Å². The lowest BCUT2D eigenvalue weighted by Crippen LogP contribution is -1.91. The van der Waals surface area contributed by atoms with Crippen LogP contribution in [-0.4, -0.2) is 11.1 Å². The van der Waals surface area contributed by atoms with Crippen molar-refractivity contribution < 1.29 is 14.3 Å². The van der Waals surface area contributed by atoms with E-state index < -0.39 is 5.97 Å². The number of carboxylic acid groups (broad SMARTS) is 1. The van der Waals surface area contributed by atoms with Crippen LogP contribution in [0.15, 0.2) is 43.7 Å². The number of carbonyl (C=O) groups is 1. The van der Waals surface area contributed by atoms with Gasteiger partial charge in [-0.05, 0) is 30.3 Å². The number of carboxylic acids is 1. The van der Waals surface area contributed by atoms with Crippen LogP contribution < -0.4 is 0 Å². The van der Waals surface area contributed by atoms with Crippen LogP contribution in [-0.2, 0) is 0 Å². The second-order valence-electron chi connectivity index (χ2n) is 3.09. The van der Waals surface area contributed by atoms with Crippen LogP contribution in [0.1, 0.15) is 10.6 Å². The van der Waals surface area contributed by atoms with Gasteiger partial charge in [-0.2, -0.15) is 0 Å². The number of halogens is 2. The van der Waals surface area contributed by atoms with E-state index in [0.717, 1.165) is 14.5 Å². The minimum atomic E-state index is -1.07. The van der Waals surface area contributed by atoms with Gasteiger partial charge in [0.05, 0.1) is 0 Å². The molecule has 0 radical (unpaired) electrons. The number of furan rings is 1. The zero-order valence-electron chi connectivity index (χ0n) is 7.91. The molecule has 1 aromatic carbocycles. The number of rotatable bonds is 2. The van der Waals surface area contributed by atoms with Gasteiger partial charge in [0.1, 0.15) is 5.76 Å². The molecular weight excluding hydrogens is 340 g/mol. The van der Waals surface area contributed by atoms with Crippen molar-refractivity contribution >= 4 is 37.8 Å². The lowest BCUT2D eigenvalue weighted by atomic mass is 10.2. The van der Waals surface area contributed by atoms with Gasteiger partial charge >= 0.3 is 5.97 Å². The first-order valence-corrected chi connectivity index (χ1v) is 5.95. The van der Waals surface area contributed by atoms with E-state index in [9.17, 15) is 4.79 Å². The van der Waals surface area contributed by atoms with Crippen LogP contribution in [0.5, 0.6) is 0 Å². The van der Waals surface area contributed by atoms with E-state index in [-0.39, 0.29) is 5.76 Å². The summed E-state index contributed by atoms with van der Waals surface area (Å²) in [7, 11) is 0. The fourth-order valence-corrected chi connectivity index (χ4v) is 2.09. The molecule has 3 nitrogen and oxygen atoms in total. The number of aromatic carboxylic acids is 1. The standard InChI is InChI=1S/C11H6Br2O3/c12-6-1-2-8(13)7(5-6)9-3-4-10(16-9)11(14)15/h1-5H,(H,14,15). The number of benzene rings is 1. The highest BCUT2D eigenvalue weighted by Gasteiger charge is 2.12. The maximum Gasteiger partial charge on any atom is 0.371 e. The van der Waals surface area contributed by atoms with Crippen LogP contribution in [0.2, 0.25) is 0 Å². The van der Waals surface area contributed by atoms with Gasteiger partial charge in [-0.15, -0.1) is 0 Å². The summed E-state index contributed by atoms with van der Waals surface area (Å²) >= 11 is 6.74. The predicted octanol–water partition coefficient (Wildman–Crippen LogP) is 4.17. The maximum absolute atomic E-state index is 10.7. The van der Waals surface area contributed by atoms with Gasteiger partial charge < -0.3 is 9.52 Å². The SMILES string of the molecule is O=C(O)c1ccc(-c2cc(Br)ccc2Br)o1. The Balaban J connectivity index is 2.50. The summed E-state index contributed by atoms with van der Waals surface area (Å²) in [6.07, 6.45) is 0. The topological polar surface area (TPSA) is 50.4 Å². The van der Waals surface area contributed by atoms with Gasteiger partial charge in [0, 0.05) is 14.5 Å². The summed E-state index contributed by atoms with van der Waals surface area (Å²) in [5.41, 5.74) is 0.807. The Bertz CT molecular complexity index is 546. The molecule has 0 amide bonds. The fourth-order valence-electron chi connectivity index (χ4n) is 1.28. The monoisotopic (exact) mass is 344 g/mol. The smallest absolute Gasteiger partial charge is 0.371 e. The average molecular weight is 346 g/mol. The van der Waals surface area contributed by atoms with E-state index in [1.54, 1.807) is 6.07 Å². The summed E-state index contributed by atoms with van der Waals surface area (Å²) in [6, 6.07) is 8.67. The zero-order chi connectivity index (χ0) is 11.7. The van der Waals surface area contributed by atoms with Gasteiger partial charge in [-0.3, -0.25) is 0 Å². The molecule has 2 aromatic rings. The third-order valence-electron chi connectivity index (χ3n) is 2.01. The molecule has 1 aromatic heterocycles. The van der Waals surface area contributed by atoms with Crippen molar-refractivity contribution in [3.8, 4) is 11.3 Å². The Morgan fingerprint density at radius 1 is 1.19 bits per heavy atom. The molecule has 0 atom stereocenters. The largest absolute Gasteiger partial charge is 0.475 e. The molecule has 16 heavy (non-hydrogen) atoms. The van der Waals surface area contributed by atoms with Crippen molar-refractivity contribution in [1.29, 1.82) is 0 Å². The molecule has 5 heteroatoms. The third-order valence-corrected chi connectivity index (χ3v) is 3.20. The van der Waals surface area contributed by atoms with Crippen LogP contribution in [0.3, 0.4) is 0 Å². The molecule has 82 valence electrons. The van der Waals surface area contributed by atoms with E-state index in [4.69, 9.17) is 9.52 Å². The first-order valence-electron chi connectivity index (χ1n) is 4.36. The van der Waals surface area contributed by atoms with Crippen LogP contribution >= 0.6 is 31.9 Å². The molecule has 0 aliphatic heterocycles. The molecular formula is C11H6Br2O3. The highest BCUT2D eigenvalue weighted by Crippen LogP contribution is 2.32. The van der Waals surface area contributed by atoms with Gasteiger partial charge in [-0.1, -0.05) is 31.9 Å². The minimum absolute atomic E-state index is 0.0677. The van der Waals surface area contributed by atoms with Crippen molar-refractivity contribution in [3.63, 3.8) is 0 Å². The highest BCUT2D eigenvalue weighted by atomic mass is 79.9. The second-order valence-corrected chi connectivity index (χ2v) is 4.86. The summed E-state index contributed by atoms with van der Waals surface area (Å²) < 4.78 is 6.97. The first kappa shape index (κ1) is 11.4. The Hall–Kier alpha value is -1.07. The highest BCUT2D eigenvalue weighted by molar-refractivity contribution is 9.11. The summed E-state index contributed by atoms with van der Waals surface area (Å²) in [5.74, 6) is -0.621. The Morgan fingerprint density at radius 3 is 2.56 bits per heavy atom. The van der Waals surface area contributed by atoms with Gasteiger partial charge in [0.15, 0.2) is 0 Å². The van der Waals surface area contributed by atoms with E-state index in [1.807, 2.05) is 18.2 Å². The normalized spacial score (nSPS) is 10.4. The van der Waals surface area contributed by atoms with Crippen molar-refractivity contribution in [2.24, 2.45) is 0 Å². The first-order chi connectivity index (χ1) is 7.58. The molecule has 0 aliphatic rings. The molecule has 2 rings (SSSR count). The number of hydrogen-bond donors (Lipinski definition) is 1. The molecule has 0 aliphatic carbocycles. The van der Waals surface area contributed by atoms with Crippen molar-refractivity contribution in [3.05, 3.63) is 45.0 Å². The Morgan fingerprint density at radius 2 is 1.94 bits per heavy atom. The minimum Gasteiger partial charge on any atom is -0.475 e. The van der Waals surface area contributed by atoms with E-state index in [0.29, 0.717) is 5.76 Å². The number of hydrogen-bond acceptors (Lipinski definition) is 2. The molecule has 0 fully saturated rings. The molecule has 1 N–H and O–H groups in total. The fraction of sp³-hybridized carbons (Fsp3) is 0. The van der Waals surface area contributed by atoms with Gasteiger partial charge in [0.2, 0.25) is 5.76 Å². The predicted molar refractivity (Wildman–Crippen MR) is 66.5 cm³/mol. The van der Waals surface area contributed by atoms with Crippen molar-refractivity contribution in [1.82, 2.24) is 0 Å². The maximum atomic E-state index is 10.7.